The summed E-state index contributed by atoms with van der Waals surface area (Å²) in [6.07, 6.45) is 0. The molecule has 0 radical (unpaired) electrons. The fourth-order valence-corrected chi connectivity index (χ4v) is 2.85. The predicted octanol–water partition coefficient (Wildman–Crippen LogP) is 1.73. The van der Waals surface area contributed by atoms with Crippen LogP contribution in [0.4, 0.5) is 15.8 Å². The van der Waals surface area contributed by atoms with Crippen LogP contribution in [0.2, 0.25) is 0 Å². The molecule has 0 aliphatic heterocycles. The molecule has 150 valence electrons. The summed E-state index contributed by atoms with van der Waals surface area (Å²) in [6, 6.07) is 12.9. The second kappa shape index (κ2) is 10.4. The van der Waals surface area contributed by atoms with Gasteiger partial charge in [-0.05, 0) is 62.4 Å². The second-order valence-corrected chi connectivity index (χ2v) is 6.35. The molecule has 0 fully saturated rings. The van der Waals surface area contributed by atoms with E-state index in [1.165, 1.54) is 12.1 Å². The number of likely N-dealkylation sites (N-methyl/N-ethyl adjacent to an activating group) is 2. The molecule has 0 saturated carbocycles. The Morgan fingerprint density at radius 1 is 1.04 bits per heavy atom. The quantitative estimate of drug-likeness (QED) is 0.688. The van der Waals surface area contributed by atoms with Crippen molar-refractivity contribution in [3.63, 3.8) is 0 Å². The number of quaternary nitrogens is 1. The molecule has 2 N–H and O–H groups in total. The molecule has 1 unspecified atom stereocenters. The van der Waals surface area contributed by atoms with Crippen molar-refractivity contribution in [3.05, 3.63) is 54.3 Å². The lowest BCUT2D eigenvalue weighted by atomic mass is 10.2. The zero-order valence-electron chi connectivity index (χ0n) is 16.5. The number of hydrogen-bond donors (Lipinski definition) is 2. The van der Waals surface area contributed by atoms with Crippen molar-refractivity contribution in [1.29, 1.82) is 0 Å². The van der Waals surface area contributed by atoms with Gasteiger partial charge in [-0.25, -0.2) is 4.39 Å². The van der Waals surface area contributed by atoms with Crippen LogP contribution in [0.5, 0.6) is 5.75 Å². The number of nitrogens with one attached hydrogen (secondary N) is 2. The summed E-state index contributed by atoms with van der Waals surface area (Å²) in [5, 5.41) is 2.83. The minimum Gasteiger partial charge on any atom is -0.497 e. The number of halogens is 1. The van der Waals surface area contributed by atoms with Crippen LogP contribution < -0.4 is 19.9 Å². The van der Waals surface area contributed by atoms with Crippen LogP contribution in [0.1, 0.15) is 13.8 Å². The van der Waals surface area contributed by atoms with E-state index in [1.54, 1.807) is 48.4 Å². The number of rotatable bonds is 9. The molecule has 2 rings (SSSR count). The van der Waals surface area contributed by atoms with Crippen molar-refractivity contribution in [1.82, 2.24) is 0 Å². The SMILES string of the molecule is CCN(C(=O)C[NH+](CC)CC(=O)Nc1ccc(OC)cc1)c1ccc(F)cc1. The molecule has 0 spiro atoms. The highest BCUT2D eigenvalue weighted by Crippen LogP contribution is 2.15. The molecular formula is C21H27FN3O3+. The van der Waals surface area contributed by atoms with Gasteiger partial charge in [-0.2, -0.15) is 0 Å². The predicted molar refractivity (Wildman–Crippen MR) is 107 cm³/mol. The van der Waals surface area contributed by atoms with Crippen molar-refractivity contribution in [3.8, 4) is 5.75 Å². The van der Waals surface area contributed by atoms with Crippen LogP contribution in [0.3, 0.4) is 0 Å². The van der Waals surface area contributed by atoms with Gasteiger partial charge < -0.3 is 19.9 Å². The summed E-state index contributed by atoms with van der Waals surface area (Å²) in [7, 11) is 1.58. The van der Waals surface area contributed by atoms with Crippen molar-refractivity contribution >= 4 is 23.2 Å². The number of hydrogen-bond acceptors (Lipinski definition) is 3. The molecule has 0 aliphatic carbocycles. The summed E-state index contributed by atoms with van der Waals surface area (Å²) >= 11 is 0. The molecule has 2 amide bonds. The maximum absolute atomic E-state index is 13.1. The molecule has 1 atom stereocenters. The lowest BCUT2D eigenvalue weighted by Crippen LogP contribution is -3.14. The highest BCUT2D eigenvalue weighted by molar-refractivity contribution is 5.94. The minimum atomic E-state index is -0.344. The van der Waals surface area contributed by atoms with E-state index in [1.807, 2.05) is 13.8 Å². The van der Waals surface area contributed by atoms with Crippen LogP contribution in [0.25, 0.3) is 0 Å². The standard InChI is InChI=1S/C21H26FN3O3/c1-4-24(14-20(26)23-17-8-12-19(28-3)13-9-17)15-21(27)25(5-2)18-10-6-16(22)7-11-18/h6-13H,4-5,14-15H2,1-3H3,(H,23,26)/p+1. The van der Waals surface area contributed by atoms with Gasteiger partial charge in [0.05, 0.1) is 13.7 Å². The van der Waals surface area contributed by atoms with Gasteiger partial charge in [0.1, 0.15) is 11.6 Å². The summed E-state index contributed by atoms with van der Waals surface area (Å²) in [4.78, 5) is 27.5. The Kier molecular flexibility index (Phi) is 7.95. The average molecular weight is 388 g/mol. The Bertz CT molecular complexity index is 778. The molecule has 0 saturated heterocycles. The van der Waals surface area contributed by atoms with Crippen LogP contribution in [0, 0.1) is 5.82 Å². The first-order valence-corrected chi connectivity index (χ1v) is 9.30. The maximum atomic E-state index is 13.1. The molecular weight excluding hydrogens is 361 g/mol. The van der Waals surface area contributed by atoms with Crippen molar-refractivity contribution < 1.29 is 23.6 Å². The van der Waals surface area contributed by atoms with E-state index in [2.05, 4.69) is 5.32 Å². The van der Waals surface area contributed by atoms with Crippen LogP contribution >= 0.6 is 0 Å². The first-order valence-electron chi connectivity index (χ1n) is 9.30. The normalized spacial score (nSPS) is 11.6. The fraction of sp³-hybridized carbons (Fsp3) is 0.333. The molecule has 2 aromatic rings. The Hall–Kier alpha value is -2.93. The lowest BCUT2D eigenvalue weighted by molar-refractivity contribution is -0.881. The van der Waals surface area contributed by atoms with E-state index >= 15 is 0 Å². The molecule has 28 heavy (non-hydrogen) atoms. The number of ether oxygens (including phenoxy) is 1. The summed E-state index contributed by atoms with van der Waals surface area (Å²) in [5.74, 6) is 0.0935. The fourth-order valence-electron chi connectivity index (χ4n) is 2.85. The third-order valence-corrected chi connectivity index (χ3v) is 4.44. The van der Waals surface area contributed by atoms with E-state index in [0.717, 1.165) is 4.90 Å². The zero-order valence-corrected chi connectivity index (χ0v) is 16.5. The van der Waals surface area contributed by atoms with Gasteiger partial charge in [-0.1, -0.05) is 0 Å². The maximum Gasteiger partial charge on any atom is 0.282 e. The topological polar surface area (TPSA) is 63.1 Å². The summed E-state index contributed by atoms with van der Waals surface area (Å²) in [6.45, 7) is 5.25. The Morgan fingerprint density at radius 2 is 1.68 bits per heavy atom. The van der Waals surface area contributed by atoms with Gasteiger partial charge >= 0.3 is 0 Å². The number of carbonyl (C=O) groups excluding carboxylic acids is 2. The zero-order chi connectivity index (χ0) is 20.5. The lowest BCUT2D eigenvalue weighted by Gasteiger charge is -2.24. The number of methoxy groups -OCH3 is 1. The van der Waals surface area contributed by atoms with E-state index < -0.39 is 0 Å². The van der Waals surface area contributed by atoms with Crippen molar-refractivity contribution in [2.75, 3.05) is 43.5 Å². The number of amides is 2. The second-order valence-electron chi connectivity index (χ2n) is 6.35. The minimum absolute atomic E-state index is 0.108. The molecule has 0 aromatic heterocycles. The van der Waals surface area contributed by atoms with Crippen LogP contribution in [0.15, 0.2) is 48.5 Å². The molecule has 0 aliphatic rings. The van der Waals surface area contributed by atoms with Crippen LogP contribution in [-0.2, 0) is 9.59 Å². The van der Waals surface area contributed by atoms with E-state index in [0.29, 0.717) is 30.2 Å². The van der Waals surface area contributed by atoms with Gasteiger partial charge in [-0.3, -0.25) is 9.59 Å². The molecule has 7 heteroatoms. The third-order valence-electron chi connectivity index (χ3n) is 4.44. The molecule has 6 nitrogen and oxygen atoms in total. The summed E-state index contributed by atoms with van der Waals surface area (Å²) < 4.78 is 18.2. The van der Waals surface area contributed by atoms with Crippen molar-refractivity contribution in [2.45, 2.75) is 13.8 Å². The molecule has 0 bridgehead atoms. The largest absolute Gasteiger partial charge is 0.497 e. The number of benzene rings is 2. The molecule has 2 aromatic carbocycles. The average Bonchev–Trinajstić information content (AvgIpc) is 2.70. The van der Waals surface area contributed by atoms with E-state index in [4.69, 9.17) is 4.74 Å². The van der Waals surface area contributed by atoms with Gasteiger partial charge in [0.15, 0.2) is 13.1 Å². The first kappa shape index (κ1) is 21.4. The highest BCUT2D eigenvalue weighted by atomic mass is 19.1. The Balaban J connectivity index is 1.94. The number of nitrogens with zero attached hydrogens (tertiary/aromatic N) is 1. The molecule has 0 heterocycles. The van der Waals surface area contributed by atoms with Gasteiger partial charge in [0.25, 0.3) is 11.8 Å². The van der Waals surface area contributed by atoms with Crippen LogP contribution in [-0.4, -0.2) is 45.1 Å². The van der Waals surface area contributed by atoms with Gasteiger partial charge in [0, 0.05) is 17.9 Å². The van der Waals surface area contributed by atoms with Crippen molar-refractivity contribution in [2.24, 2.45) is 0 Å². The van der Waals surface area contributed by atoms with E-state index in [-0.39, 0.29) is 30.7 Å². The smallest absolute Gasteiger partial charge is 0.282 e. The third kappa shape index (κ3) is 6.06. The van der Waals surface area contributed by atoms with Gasteiger partial charge in [0.2, 0.25) is 0 Å². The van der Waals surface area contributed by atoms with Gasteiger partial charge in [-0.15, -0.1) is 0 Å². The highest BCUT2D eigenvalue weighted by Gasteiger charge is 2.21. The monoisotopic (exact) mass is 388 g/mol. The first-order chi connectivity index (χ1) is 13.5. The Morgan fingerprint density at radius 3 is 2.21 bits per heavy atom. The number of anilines is 2. The van der Waals surface area contributed by atoms with E-state index in [9.17, 15) is 14.0 Å². The summed E-state index contributed by atoms with van der Waals surface area (Å²) in [5.41, 5.74) is 1.32. The number of carbonyl (C=O) groups is 2. The Labute approximate surface area is 164 Å².